The van der Waals surface area contributed by atoms with Crippen LogP contribution in [0.15, 0.2) is 63.1 Å². The second kappa shape index (κ2) is 6.93. The standard InChI is InChI=1S/C19H17NO3S/c1-12-17(11-15(19(23)20-12)7-9-18(21)22)24-16-8-6-13-4-2-3-5-14(13)10-16/h2-6,8,10-11H,7,9H2,1H3,(H,20,23)(H,21,22). The molecule has 0 aliphatic carbocycles. The Morgan fingerprint density at radius 3 is 2.62 bits per heavy atom. The van der Waals surface area contributed by atoms with E-state index in [0.717, 1.165) is 20.9 Å². The third kappa shape index (κ3) is 3.68. The molecule has 0 aliphatic rings. The molecule has 0 atom stereocenters. The summed E-state index contributed by atoms with van der Waals surface area (Å²) in [5.74, 6) is -0.904. The largest absolute Gasteiger partial charge is 0.481 e. The predicted octanol–water partition coefficient (Wildman–Crippen LogP) is 4.00. The van der Waals surface area contributed by atoms with E-state index in [9.17, 15) is 9.59 Å². The minimum absolute atomic E-state index is 0.0494. The maximum Gasteiger partial charge on any atom is 0.303 e. The number of carboxylic acids is 1. The third-order valence-corrected chi connectivity index (χ3v) is 4.96. The summed E-state index contributed by atoms with van der Waals surface area (Å²) in [7, 11) is 0. The van der Waals surface area contributed by atoms with E-state index >= 15 is 0 Å². The highest BCUT2D eigenvalue weighted by atomic mass is 32.2. The minimum Gasteiger partial charge on any atom is -0.481 e. The molecule has 0 amide bonds. The van der Waals surface area contributed by atoms with Crippen molar-refractivity contribution in [2.75, 3.05) is 0 Å². The zero-order valence-corrected chi connectivity index (χ0v) is 14.0. The summed E-state index contributed by atoms with van der Waals surface area (Å²) in [5, 5.41) is 11.2. The van der Waals surface area contributed by atoms with E-state index in [1.165, 1.54) is 5.39 Å². The molecule has 1 heterocycles. The van der Waals surface area contributed by atoms with Crippen LogP contribution in [-0.4, -0.2) is 16.1 Å². The van der Waals surface area contributed by atoms with Gasteiger partial charge in [-0.15, -0.1) is 0 Å². The van der Waals surface area contributed by atoms with Gasteiger partial charge in [0.25, 0.3) is 5.56 Å². The summed E-state index contributed by atoms with van der Waals surface area (Å²) in [6.45, 7) is 1.85. The van der Waals surface area contributed by atoms with Gasteiger partial charge < -0.3 is 10.1 Å². The average molecular weight is 339 g/mol. The first-order valence-electron chi connectivity index (χ1n) is 7.64. The topological polar surface area (TPSA) is 70.2 Å². The van der Waals surface area contributed by atoms with Crippen molar-refractivity contribution in [1.29, 1.82) is 0 Å². The first kappa shape index (κ1) is 16.3. The quantitative estimate of drug-likeness (QED) is 0.737. The molecule has 4 nitrogen and oxygen atoms in total. The van der Waals surface area contributed by atoms with Gasteiger partial charge in [0.2, 0.25) is 0 Å². The summed E-state index contributed by atoms with van der Waals surface area (Å²) in [5.41, 5.74) is 1.08. The van der Waals surface area contributed by atoms with Crippen molar-refractivity contribution in [2.24, 2.45) is 0 Å². The fraction of sp³-hybridized carbons (Fsp3) is 0.158. The van der Waals surface area contributed by atoms with Gasteiger partial charge in [0, 0.05) is 27.5 Å². The summed E-state index contributed by atoms with van der Waals surface area (Å²) in [6, 6.07) is 16.2. The van der Waals surface area contributed by atoms with Gasteiger partial charge in [-0.1, -0.05) is 42.1 Å². The van der Waals surface area contributed by atoms with Crippen molar-refractivity contribution >= 4 is 28.5 Å². The van der Waals surface area contributed by atoms with E-state index in [0.29, 0.717) is 5.56 Å². The minimum atomic E-state index is -0.904. The summed E-state index contributed by atoms with van der Waals surface area (Å²) < 4.78 is 0. The van der Waals surface area contributed by atoms with E-state index in [1.54, 1.807) is 17.8 Å². The van der Waals surface area contributed by atoms with Crippen molar-refractivity contribution in [2.45, 2.75) is 29.6 Å². The number of nitrogens with one attached hydrogen (secondary N) is 1. The normalized spacial score (nSPS) is 10.9. The van der Waals surface area contributed by atoms with Gasteiger partial charge in [-0.2, -0.15) is 0 Å². The molecule has 5 heteroatoms. The Balaban J connectivity index is 1.91. The molecule has 122 valence electrons. The summed E-state index contributed by atoms with van der Waals surface area (Å²) in [4.78, 5) is 27.5. The van der Waals surface area contributed by atoms with Gasteiger partial charge in [0.1, 0.15) is 0 Å². The second-order valence-electron chi connectivity index (χ2n) is 5.62. The van der Waals surface area contributed by atoms with Crippen LogP contribution in [0.4, 0.5) is 0 Å². The molecule has 2 aromatic carbocycles. The number of aromatic amines is 1. The molecule has 0 saturated heterocycles. The molecule has 0 fully saturated rings. The summed E-state index contributed by atoms with van der Waals surface area (Å²) >= 11 is 1.57. The lowest BCUT2D eigenvalue weighted by Gasteiger charge is -2.09. The number of benzene rings is 2. The number of carboxylic acid groups (broad SMARTS) is 1. The highest BCUT2D eigenvalue weighted by Crippen LogP contribution is 2.31. The molecular weight excluding hydrogens is 322 g/mol. The highest BCUT2D eigenvalue weighted by molar-refractivity contribution is 7.99. The molecule has 2 N–H and O–H groups in total. The van der Waals surface area contributed by atoms with Crippen molar-refractivity contribution in [3.63, 3.8) is 0 Å². The Morgan fingerprint density at radius 1 is 1.12 bits per heavy atom. The van der Waals surface area contributed by atoms with E-state index in [4.69, 9.17) is 5.11 Å². The molecular formula is C19H17NO3S. The molecule has 0 bridgehead atoms. The number of aryl methyl sites for hydroxylation is 2. The van der Waals surface area contributed by atoms with Crippen molar-refractivity contribution < 1.29 is 9.90 Å². The molecule has 0 spiro atoms. The van der Waals surface area contributed by atoms with Gasteiger partial charge in [-0.25, -0.2) is 0 Å². The molecule has 3 aromatic rings. The number of carbonyl (C=O) groups is 1. The van der Waals surface area contributed by atoms with Crippen molar-refractivity contribution in [3.8, 4) is 0 Å². The zero-order chi connectivity index (χ0) is 17.1. The van der Waals surface area contributed by atoms with Crippen LogP contribution < -0.4 is 5.56 Å². The van der Waals surface area contributed by atoms with Gasteiger partial charge in [0.05, 0.1) is 0 Å². The Bertz CT molecular complexity index is 962. The molecule has 0 radical (unpaired) electrons. The maximum absolute atomic E-state index is 12.0. The number of aromatic nitrogens is 1. The molecule has 0 aliphatic heterocycles. The first-order valence-corrected chi connectivity index (χ1v) is 8.46. The first-order chi connectivity index (χ1) is 11.5. The smallest absolute Gasteiger partial charge is 0.303 e. The number of H-pyrrole nitrogens is 1. The Kier molecular flexibility index (Phi) is 4.71. The Labute approximate surface area is 143 Å². The van der Waals surface area contributed by atoms with Gasteiger partial charge >= 0.3 is 5.97 Å². The van der Waals surface area contributed by atoms with Crippen LogP contribution >= 0.6 is 11.8 Å². The molecule has 0 unspecified atom stereocenters. The van der Waals surface area contributed by atoms with E-state index < -0.39 is 5.97 Å². The molecule has 0 saturated carbocycles. The lowest BCUT2D eigenvalue weighted by molar-refractivity contribution is -0.136. The maximum atomic E-state index is 12.0. The van der Waals surface area contributed by atoms with E-state index in [-0.39, 0.29) is 18.4 Å². The Hall–Kier alpha value is -2.53. The number of pyridine rings is 1. The Morgan fingerprint density at radius 2 is 1.88 bits per heavy atom. The van der Waals surface area contributed by atoms with Crippen LogP contribution in [0, 0.1) is 6.92 Å². The molecule has 3 rings (SSSR count). The predicted molar refractivity (Wildman–Crippen MR) is 95.8 cm³/mol. The van der Waals surface area contributed by atoms with Crippen LogP contribution in [0.2, 0.25) is 0 Å². The van der Waals surface area contributed by atoms with Crippen LogP contribution in [-0.2, 0) is 11.2 Å². The number of fused-ring (bicyclic) bond motifs is 1. The number of rotatable bonds is 5. The van der Waals surface area contributed by atoms with Crippen LogP contribution in [0.5, 0.6) is 0 Å². The monoisotopic (exact) mass is 339 g/mol. The number of aliphatic carboxylic acids is 1. The van der Waals surface area contributed by atoms with E-state index in [1.807, 2.05) is 19.1 Å². The molecule has 1 aromatic heterocycles. The fourth-order valence-corrected chi connectivity index (χ4v) is 3.52. The summed E-state index contributed by atoms with van der Waals surface area (Å²) in [6.07, 6.45) is 0.183. The molecule has 24 heavy (non-hydrogen) atoms. The van der Waals surface area contributed by atoms with Crippen LogP contribution in [0.25, 0.3) is 10.8 Å². The highest BCUT2D eigenvalue weighted by Gasteiger charge is 2.09. The van der Waals surface area contributed by atoms with Gasteiger partial charge in [0.15, 0.2) is 0 Å². The zero-order valence-electron chi connectivity index (χ0n) is 13.2. The van der Waals surface area contributed by atoms with Gasteiger partial charge in [-0.3, -0.25) is 9.59 Å². The fourth-order valence-electron chi connectivity index (χ4n) is 2.54. The van der Waals surface area contributed by atoms with E-state index in [2.05, 4.69) is 35.3 Å². The second-order valence-corrected chi connectivity index (χ2v) is 6.73. The lowest BCUT2D eigenvalue weighted by atomic mass is 10.1. The van der Waals surface area contributed by atoms with Crippen molar-refractivity contribution in [3.05, 3.63) is 70.1 Å². The third-order valence-electron chi connectivity index (χ3n) is 3.82. The van der Waals surface area contributed by atoms with Crippen molar-refractivity contribution in [1.82, 2.24) is 4.98 Å². The van der Waals surface area contributed by atoms with Crippen LogP contribution in [0.3, 0.4) is 0 Å². The van der Waals surface area contributed by atoms with Crippen LogP contribution in [0.1, 0.15) is 17.7 Å². The number of hydrogen-bond donors (Lipinski definition) is 2. The number of hydrogen-bond acceptors (Lipinski definition) is 3. The SMILES string of the molecule is Cc1[nH]c(=O)c(CCC(=O)O)cc1Sc1ccc2ccccc2c1. The van der Waals surface area contributed by atoms with Gasteiger partial charge in [-0.05, 0) is 42.3 Å². The average Bonchev–Trinajstić information content (AvgIpc) is 2.56. The lowest BCUT2D eigenvalue weighted by Crippen LogP contribution is -2.15.